The molecular weight excluding hydrogens is 439 g/mol. The molecule has 1 aromatic carbocycles. The summed E-state index contributed by atoms with van der Waals surface area (Å²) in [6.07, 6.45) is 10.5. The first-order valence-electron chi connectivity index (χ1n) is 10.6. The zero-order valence-electron chi connectivity index (χ0n) is 18.0. The van der Waals surface area contributed by atoms with Gasteiger partial charge in [0.25, 0.3) is 0 Å². The number of amides is 1. The van der Waals surface area contributed by atoms with Crippen molar-refractivity contribution < 1.29 is 14.0 Å². The summed E-state index contributed by atoms with van der Waals surface area (Å²) in [5.74, 6) is -0.00553. The van der Waals surface area contributed by atoms with Gasteiger partial charge in [-0.1, -0.05) is 0 Å². The molecule has 1 aliphatic rings. The molecule has 0 saturated heterocycles. The minimum absolute atomic E-state index is 0.194. The van der Waals surface area contributed by atoms with E-state index in [0.29, 0.717) is 40.9 Å². The van der Waals surface area contributed by atoms with Crippen molar-refractivity contribution in [2.45, 2.75) is 25.3 Å². The predicted octanol–water partition coefficient (Wildman–Crippen LogP) is 2.83. The predicted molar refractivity (Wildman–Crippen MR) is 124 cm³/mol. The van der Waals surface area contributed by atoms with Crippen LogP contribution in [0, 0.1) is 5.82 Å². The van der Waals surface area contributed by atoms with Crippen molar-refractivity contribution in [1.82, 2.24) is 24.1 Å². The summed E-state index contributed by atoms with van der Waals surface area (Å²) >= 11 is 0. The number of nitrogens with zero attached hydrogens (tertiary/aromatic N) is 5. The Labute approximate surface area is 193 Å². The molecule has 172 valence electrons. The van der Waals surface area contributed by atoms with Crippen molar-refractivity contribution in [3.05, 3.63) is 66.1 Å². The number of anilines is 3. The second kappa shape index (κ2) is 8.77. The lowest BCUT2D eigenvalue weighted by molar-refractivity contribution is -0.118. The highest BCUT2D eigenvalue weighted by Gasteiger charge is 2.23. The van der Waals surface area contributed by atoms with Crippen LogP contribution in [-0.2, 0) is 9.59 Å². The fourth-order valence-electron chi connectivity index (χ4n) is 3.53. The molecule has 1 saturated carbocycles. The number of carbonyl (C=O) groups is 2. The molecule has 0 bridgehead atoms. The van der Waals surface area contributed by atoms with Crippen LogP contribution in [-0.4, -0.2) is 42.4 Å². The number of hydrogen-bond acceptors (Lipinski definition) is 7. The first-order chi connectivity index (χ1) is 16.5. The van der Waals surface area contributed by atoms with E-state index in [9.17, 15) is 14.0 Å². The van der Waals surface area contributed by atoms with Crippen LogP contribution >= 0.6 is 0 Å². The highest BCUT2D eigenvalue weighted by Crippen LogP contribution is 2.29. The molecule has 4 N–H and O–H groups in total. The minimum atomic E-state index is -0.615. The van der Waals surface area contributed by atoms with Gasteiger partial charge in [0.05, 0.1) is 24.6 Å². The average molecular weight is 460 g/mol. The molecule has 0 unspecified atom stereocenters. The maximum atomic E-state index is 14.9. The monoisotopic (exact) mass is 460 g/mol. The average Bonchev–Trinajstić information content (AvgIpc) is 3.29. The standard InChI is InChI=1S/C23H21FN8O2/c24-18-9-17(31-6-5-26-13-31)3-4-19(18)29-21-10-22(28-16-1-2-16)32-23(30-21)15(11-27-32)7-14(12-33)8-20(25)34/h3-7,9-13,16,28H,1-2,8H2,(H2,25,34)(H,29,30)/b14-7+. The summed E-state index contributed by atoms with van der Waals surface area (Å²) in [6.45, 7) is 0. The van der Waals surface area contributed by atoms with E-state index in [2.05, 4.69) is 25.7 Å². The molecule has 0 atom stereocenters. The number of benzene rings is 1. The highest BCUT2D eigenvalue weighted by atomic mass is 19.1. The maximum Gasteiger partial charge on any atom is 0.221 e. The number of rotatable bonds is 9. The summed E-state index contributed by atoms with van der Waals surface area (Å²) in [5, 5.41) is 10.8. The zero-order valence-corrected chi connectivity index (χ0v) is 18.0. The Balaban J connectivity index is 1.52. The van der Waals surface area contributed by atoms with Crippen LogP contribution in [0.4, 0.5) is 21.7 Å². The number of aromatic nitrogens is 5. The Morgan fingerprint density at radius 1 is 1.29 bits per heavy atom. The van der Waals surface area contributed by atoms with Gasteiger partial charge in [0.15, 0.2) is 5.65 Å². The van der Waals surface area contributed by atoms with E-state index in [1.807, 2.05) is 0 Å². The van der Waals surface area contributed by atoms with Gasteiger partial charge in [-0.15, -0.1) is 0 Å². The number of fused-ring (bicyclic) bond motifs is 1. The van der Waals surface area contributed by atoms with Crippen LogP contribution in [0.3, 0.4) is 0 Å². The molecule has 1 aliphatic carbocycles. The number of imidazole rings is 1. The molecule has 0 radical (unpaired) electrons. The lowest BCUT2D eigenvalue weighted by atomic mass is 10.1. The van der Waals surface area contributed by atoms with Crippen molar-refractivity contribution in [2.24, 2.45) is 5.73 Å². The van der Waals surface area contributed by atoms with Gasteiger partial charge in [-0.25, -0.2) is 14.4 Å². The molecule has 1 fully saturated rings. The zero-order chi connectivity index (χ0) is 23.7. The Hall–Kier alpha value is -4.54. The van der Waals surface area contributed by atoms with E-state index >= 15 is 0 Å². The number of halogens is 1. The molecule has 3 heterocycles. The summed E-state index contributed by atoms with van der Waals surface area (Å²) in [5.41, 5.74) is 7.29. The smallest absolute Gasteiger partial charge is 0.221 e. The molecule has 0 spiro atoms. The number of carbonyl (C=O) groups excluding carboxylic acids is 2. The number of hydrogen-bond donors (Lipinski definition) is 3. The van der Waals surface area contributed by atoms with Gasteiger partial charge in [-0.3, -0.25) is 9.59 Å². The Morgan fingerprint density at radius 2 is 2.15 bits per heavy atom. The first kappa shape index (κ1) is 21.3. The summed E-state index contributed by atoms with van der Waals surface area (Å²) in [6, 6.07) is 6.87. The van der Waals surface area contributed by atoms with E-state index in [0.717, 1.165) is 12.8 Å². The fourth-order valence-corrected chi connectivity index (χ4v) is 3.53. The van der Waals surface area contributed by atoms with Crippen molar-refractivity contribution in [3.63, 3.8) is 0 Å². The Morgan fingerprint density at radius 3 is 2.82 bits per heavy atom. The Kier molecular flexibility index (Phi) is 5.50. The summed E-state index contributed by atoms with van der Waals surface area (Å²) in [4.78, 5) is 31.2. The molecule has 10 nitrogen and oxygen atoms in total. The SMILES string of the molecule is NC(=O)C/C(C=O)=C\c1cnn2c(NC3CC3)cc(Nc3ccc(-n4ccnc4)cc3F)nc12. The topological polar surface area (TPSA) is 132 Å². The van der Waals surface area contributed by atoms with E-state index in [4.69, 9.17) is 5.73 Å². The number of nitrogens with one attached hydrogen (secondary N) is 2. The van der Waals surface area contributed by atoms with Gasteiger partial charge in [-0.05, 0) is 31.1 Å². The lowest BCUT2D eigenvalue weighted by Crippen LogP contribution is -2.11. The fraction of sp³-hybridized carbons (Fsp3) is 0.174. The lowest BCUT2D eigenvalue weighted by Gasteiger charge is -2.13. The quantitative estimate of drug-likeness (QED) is 0.258. The second-order valence-corrected chi connectivity index (χ2v) is 8.02. The molecular formula is C23H21FN8O2. The highest BCUT2D eigenvalue weighted by molar-refractivity contribution is 5.92. The van der Waals surface area contributed by atoms with Crippen LogP contribution in [0.5, 0.6) is 0 Å². The van der Waals surface area contributed by atoms with Gasteiger partial charge in [0.1, 0.15) is 23.7 Å². The third-order valence-electron chi connectivity index (χ3n) is 5.32. The van der Waals surface area contributed by atoms with Gasteiger partial charge in [0.2, 0.25) is 5.91 Å². The first-order valence-corrected chi connectivity index (χ1v) is 10.6. The maximum absolute atomic E-state index is 14.9. The molecule has 11 heteroatoms. The van der Waals surface area contributed by atoms with Crippen molar-refractivity contribution in [2.75, 3.05) is 10.6 Å². The molecule has 1 amide bonds. The van der Waals surface area contributed by atoms with Crippen LogP contribution in [0.15, 0.2) is 54.8 Å². The van der Waals surface area contributed by atoms with E-state index in [-0.39, 0.29) is 17.7 Å². The van der Waals surface area contributed by atoms with Gasteiger partial charge >= 0.3 is 0 Å². The van der Waals surface area contributed by atoms with Crippen LogP contribution in [0.25, 0.3) is 17.4 Å². The third kappa shape index (κ3) is 4.49. The van der Waals surface area contributed by atoms with E-state index in [1.165, 1.54) is 12.1 Å². The molecule has 4 aromatic rings. The van der Waals surface area contributed by atoms with Crippen LogP contribution in [0.1, 0.15) is 24.8 Å². The number of primary amides is 1. The number of nitrogens with two attached hydrogens (primary N) is 1. The normalized spacial score (nSPS) is 13.7. The number of aldehydes is 1. The largest absolute Gasteiger partial charge is 0.369 e. The summed E-state index contributed by atoms with van der Waals surface area (Å²) < 4.78 is 18.2. The van der Waals surface area contributed by atoms with Crippen molar-refractivity contribution in [1.29, 1.82) is 0 Å². The van der Waals surface area contributed by atoms with Gasteiger partial charge in [0, 0.05) is 47.4 Å². The second-order valence-electron chi connectivity index (χ2n) is 8.02. The molecule has 0 aliphatic heterocycles. The summed E-state index contributed by atoms with van der Waals surface area (Å²) in [7, 11) is 0. The van der Waals surface area contributed by atoms with E-state index in [1.54, 1.807) is 52.2 Å². The van der Waals surface area contributed by atoms with Gasteiger partial charge in [-0.2, -0.15) is 9.61 Å². The molecule has 34 heavy (non-hydrogen) atoms. The van der Waals surface area contributed by atoms with Gasteiger partial charge < -0.3 is 20.9 Å². The van der Waals surface area contributed by atoms with E-state index < -0.39 is 11.7 Å². The molecule has 5 rings (SSSR count). The van der Waals surface area contributed by atoms with Crippen molar-refractivity contribution >= 4 is 41.2 Å². The third-order valence-corrected chi connectivity index (χ3v) is 5.32. The van der Waals surface area contributed by atoms with Crippen LogP contribution in [0.2, 0.25) is 0 Å². The Bertz CT molecular complexity index is 1410. The van der Waals surface area contributed by atoms with Crippen molar-refractivity contribution in [3.8, 4) is 5.69 Å². The van der Waals surface area contributed by atoms with Crippen LogP contribution < -0.4 is 16.4 Å². The molecule has 3 aromatic heterocycles. The minimum Gasteiger partial charge on any atom is -0.369 e.